The fraction of sp³-hybridized carbons (Fsp3) is 0.667. The second-order valence-corrected chi connectivity index (χ2v) is 3.68. The number of alkyl halides is 3. The van der Waals surface area contributed by atoms with Crippen molar-refractivity contribution in [2.45, 2.75) is 25.1 Å². The number of aliphatic carboxylic acids is 1. The van der Waals surface area contributed by atoms with E-state index < -0.39 is 43.1 Å². The van der Waals surface area contributed by atoms with E-state index in [-0.39, 0.29) is 12.8 Å². The van der Waals surface area contributed by atoms with Gasteiger partial charge in [0, 0.05) is 6.42 Å². The second-order valence-electron chi connectivity index (χ2n) is 3.68. The summed E-state index contributed by atoms with van der Waals surface area (Å²) in [5.74, 6) is -3.05. The van der Waals surface area contributed by atoms with Gasteiger partial charge in [0.15, 0.2) is 0 Å². The van der Waals surface area contributed by atoms with Crippen molar-refractivity contribution in [1.29, 1.82) is 0 Å². The summed E-state index contributed by atoms with van der Waals surface area (Å²) in [6, 6.07) is -1.37. The normalized spacial score (nSPS) is 12.8. The van der Waals surface area contributed by atoms with E-state index in [1.54, 1.807) is 0 Å². The van der Waals surface area contributed by atoms with Crippen molar-refractivity contribution in [2.75, 3.05) is 13.1 Å². The number of amides is 2. The highest BCUT2D eigenvalue weighted by atomic mass is 19.4. The third kappa shape index (κ3) is 9.83. The number of nitrogens with two attached hydrogens (primary N) is 1. The molecule has 0 saturated heterocycles. The van der Waals surface area contributed by atoms with Crippen molar-refractivity contribution in [3.8, 4) is 0 Å². The minimum Gasteiger partial charge on any atom is -0.480 e. The van der Waals surface area contributed by atoms with E-state index in [4.69, 9.17) is 10.8 Å². The first-order valence-electron chi connectivity index (χ1n) is 5.19. The summed E-state index contributed by atoms with van der Waals surface area (Å²) in [6.07, 6.45) is -4.94. The SMILES string of the molecule is NC(=O)CCC(NC(=O)CNCC(F)(F)F)C(=O)O. The summed E-state index contributed by atoms with van der Waals surface area (Å²) in [4.78, 5) is 32.4. The molecule has 110 valence electrons. The third-order valence-electron chi connectivity index (χ3n) is 1.92. The Labute approximate surface area is 106 Å². The topological polar surface area (TPSA) is 122 Å². The lowest BCUT2D eigenvalue weighted by Crippen LogP contribution is -2.46. The van der Waals surface area contributed by atoms with Crippen LogP contribution in [0.2, 0.25) is 0 Å². The number of primary amides is 1. The molecule has 0 heterocycles. The minimum atomic E-state index is -4.46. The first-order chi connectivity index (χ1) is 8.61. The number of halogens is 3. The van der Waals surface area contributed by atoms with Crippen LogP contribution in [0.5, 0.6) is 0 Å². The highest BCUT2D eigenvalue weighted by molar-refractivity contribution is 5.85. The van der Waals surface area contributed by atoms with Crippen LogP contribution in [0.15, 0.2) is 0 Å². The van der Waals surface area contributed by atoms with Crippen molar-refractivity contribution in [3.63, 3.8) is 0 Å². The molecule has 7 nitrogen and oxygen atoms in total. The molecule has 0 aromatic heterocycles. The Morgan fingerprint density at radius 3 is 2.26 bits per heavy atom. The number of rotatable bonds is 8. The summed E-state index contributed by atoms with van der Waals surface area (Å²) >= 11 is 0. The zero-order valence-electron chi connectivity index (χ0n) is 9.79. The van der Waals surface area contributed by atoms with E-state index in [0.29, 0.717) is 0 Å². The first-order valence-corrected chi connectivity index (χ1v) is 5.19. The molecule has 19 heavy (non-hydrogen) atoms. The van der Waals surface area contributed by atoms with E-state index in [9.17, 15) is 27.6 Å². The summed E-state index contributed by atoms with van der Waals surface area (Å²) in [6.45, 7) is -2.04. The molecule has 0 aliphatic heterocycles. The molecule has 1 unspecified atom stereocenters. The molecule has 10 heteroatoms. The van der Waals surface area contributed by atoms with Gasteiger partial charge in [-0.15, -0.1) is 0 Å². The molecule has 0 fully saturated rings. The summed E-state index contributed by atoms with van der Waals surface area (Å²) in [5.41, 5.74) is 4.82. The lowest BCUT2D eigenvalue weighted by Gasteiger charge is -2.14. The van der Waals surface area contributed by atoms with Crippen LogP contribution >= 0.6 is 0 Å². The predicted octanol–water partition coefficient (Wildman–Crippen LogP) is -1.03. The number of hydrogen-bond donors (Lipinski definition) is 4. The van der Waals surface area contributed by atoms with Gasteiger partial charge in [-0.1, -0.05) is 0 Å². The van der Waals surface area contributed by atoms with Gasteiger partial charge in [0.05, 0.1) is 13.1 Å². The molecule has 2 amide bonds. The average molecular weight is 285 g/mol. The van der Waals surface area contributed by atoms with Crippen molar-refractivity contribution in [2.24, 2.45) is 5.73 Å². The summed E-state index contributed by atoms with van der Waals surface area (Å²) in [5, 5.41) is 12.5. The van der Waals surface area contributed by atoms with Crippen LogP contribution in [0.25, 0.3) is 0 Å². The molecule has 0 aromatic carbocycles. The van der Waals surface area contributed by atoms with Crippen molar-refractivity contribution >= 4 is 17.8 Å². The quantitative estimate of drug-likeness (QED) is 0.454. The Kier molecular flexibility index (Phi) is 6.83. The van der Waals surface area contributed by atoms with Crippen LogP contribution in [0.3, 0.4) is 0 Å². The molecule has 0 aromatic rings. The molecule has 0 rings (SSSR count). The average Bonchev–Trinajstić information content (AvgIpc) is 2.21. The number of carbonyl (C=O) groups excluding carboxylic acids is 2. The maximum absolute atomic E-state index is 11.8. The Hall–Kier alpha value is -1.84. The molecule has 1 atom stereocenters. The smallest absolute Gasteiger partial charge is 0.401 e. The van der Waals surface area contributed by atoms with Gasteiger partial charge in [0.2, 0.25) is 11.8 Å². The molecule has 0 radical (unpaired) electrons. The third-order valence-corrected chi connectivity index (χ3v) is 1.92. The summed E-state index contributed by atoms with van der Waals surface area (Å²) in [7, 11) is 0. The van der Waals surface area contributed by atoms with Gasteiger partial charge in [0.1, 0.15) is 6.04 Å². The Balaban J connectivity index is 4.10. The molecule has 0 aliphatic carbocycles. The van der Waals surface area contributed by atoms with Gasteiger partial charge in [0.25, 0.3) is 0 Å². The second kappa shape index (κ2) is 7.56. The highest BCUT2D eigenvalue weighted by Gasteiger charge is 2.27. The van der Waals surface area contributed by atoms with Crippen molar-refractivity contribution in [3.05, 3.63) is 0 Å². The first kappa shape index (κ1) is 17.2. The van der Waals surface area contributed by atoms with Crippen LogP contribution in [0.4, 0.5) is 13.2 Å². The van der Waals surface area contributed by atoms with Gasteiger partial charge in [-0.3, -0.25) is 9.59 Å². The van der Waals surface area contributed by atoms with Gasteiger partial charge >= 0.3 is 12.1 Å². The summed E-state index contributed by atoms with van der Waals surface area (Å²) < 4.78 is 35.3. The van der Waals surface area contributed by atoms with Gasteiger partial charge in [-0.05, 0) is 6.42 Å². The van der Waals surface area contributed by atoms with Gasteiger partial charge in [-0.25, -0.2) is 4.79 Å². The number of hydrogen-bond acceptors (Lipinski definition) is 4. The zero-order chi connectivity index (χ0) is 15.1. The van der Waals surface area contributed by atoms with E-state index in [0.717, 1.165) is 0 Å². The monoisotopic (exact) mass is 285 g/mol. The molecule has 0 saturated carbocycles. The van der Waals surface area contributed by atoms with E-state index >= 15 is 0 Å². The van der Waals surface area contributed by atoms with Gasteiger partial charge < -0.3 is 21.5 Å². The van der Waals surface area contributed by atoms with E-state index in [1.165, 1.54) is 0 Å². The molecular formula is C9H14F3N3O4. The van der Waals surface area contributed by atoms with E-state index in [2.05, 4.69) is 0 Å². The van der Waals surface area contributed by atoms with Crippen LogP contribution < -0.4 is 16.4 Å². The maximum atomic E-state index is 11.8. The molecule has 0 aliphatic rings. The standard InChI is InChI=1S/C9H14F3N3O4/c10-9(11,12)4-14-3-7(17)15-5(8(18)19)1-2-6(13)16/h5,14H,1-4H2,(H2,13,16)(H,15,17)(H,18,19). The highest BCUT2D eigenvalue weighted by Crippen LogP contribution is 2.11. The lowest BCUT2D eigenvalue weighted by atomic mass is 10.1. The fourth-order valence-electron chi connectivity index (χ4n) is 1.11. The largest absolute Gasteiger partial charge is 0.480 e. The van der Waals surface area contributed by atoms with Crippen LogP contribution in [-0.2, 0) is 14.4 Å². The van der Waals surface area contributed by atoms with Crippen LogP contribution in [0, 0.1) is 0 Å². The molecular weight excluding hydrogens is 271 g/mol. The van der Waals surface area contributed by atoms with Gasteiger partial charge in [-0.2, -0.15) is 13.2 Å². The van der Waals surface area contributed by atoms with Crippen molar-refractivity contribution in [1.82, 2.24) is 10.6 Å². The lowest BCUT2D eigenvalue weighted by molar-refractivity contribution is -0.142. The number of carboxylic acids is 1. The number of carboxylic acid groups (broad SMARTS) is 1. The Bertz CT molecular complexity index is 346. The fourth-order valence-corrected chi connectivity index (χ4v) is 1.11. The molecule has 0 bridgehead atoms. The van der Waals surface area contributed by atoms with Crippen molar-refractivity contribution < 1.29 is 32.7 Å². The van der Waals surface area contributed by atoms with E-state index in [1.807, 2.05) is 10.6 Å². The predicted molar refractivity (Wildman–Crippen MR) is 56.9 cm³/mol. The Morgan fingerprint density at radius 1 is 1.26 bits per heavy atom. The number of carbonyl (C=O) groups is 3. The van der Waals surface area contributed by atoms with Crippen LogP contribution in [-0.4, -0.2) is 48.2 Å². The molecule has 0 spiro atoms. The van der Waals surface area contributed by atoms with Crippen LogP contribution in [0.1, 0.15) is 12.8 Å². The number of nitrogens with one attached hydrogen (secondary N) is 2. The zero-order valence-corrected chi connectivity index (χ0v) is 9.79. The maximum Gasteiger partial charge on any atom is 0.401 e. The molecule has 5 N–H and O–H groups in total. The Morgan fingerprint density at radius 2 is 1.84 bits per heavy atom. The minimum absolute atomic E-state index is 0.227.